The summed E-state index contributed by atoms with van der Waals surface area (Å²) in [4.78, 5) is 24.0. The zero-order valence-electron chi connectivity index (χ0n) is 17.6. The first kappa shape index (κ1) is 22.5. The Morgan fingerprint density at radius 3 is 2.70 bits per heavy atom. The Bertz CT molecular complexity index is 748. The number of carbonyl (C=O) groups excluding carboxylic acids is 2. The second-order valence-corrected chi connectivity index (χ2v) is 10.6. The summed E-state index contributed by atoms with van der Waals surface area (Å²) in [7, 11) is 0. The number of aliphatic hydroxyl groups is 2. The molecule has 0 aromatic heterocycles. The molecule has 0 bridgehead atoms. The molecule has 0 amide bonds. The molecule has 2 aliphatic carbocycles. The average Bonchev–Trinajstić information content (AvgIpc) is 3.42. The van der Waals surface area contributed by atoms with Crippen molar-refractivity contribution in [2.75, 3.05) is 24.2 Å². The maximum absolute atomic E-state index is 12.3. The van der Waals surface area contributed by atoms with Gasteiger partial charge in [-0.1, -0.05) is 42.5 Å². The maximum Gasteiger partial charge on any atom is 0.337 e. The highest BCUT2D eigenvalue weighted by atomic mass is 127. The van der Waals surface area contributed by atoms with Crippen LogP contribution in [0.25, 0.3) is 0 Å². The lowest BCUT2D eigenvalue weighted by atomic mass is 9.45. The van der Waals surface area contributed by atoms with Crippen molar-refractivity contribution < 1.29 is 34.0 Å². The van der Waals surface area contributed by atoms with Crippen LogP contribution in [0.5, 0.6) is 0 Å². The third-order valence-corrected chi connectivity index (χ3v) is 8.98. The van der Waals surface area contributed by atoms with Gasteiger partial charge in [-0.15, -0.1) is 0 Å². The minimum Gasteiger partial charge on any atom is -0.458 e. The molecule has 2 N–H and O–H groups in total. The minimum absolute atomic E-state index is 0.0449. The van der Waals surface area contributed by atoms with Gasteiger partial charge in [-0.2, -0.15) is 0 Å². The molecule has 2 aliphatic heterocycles. The zero-order valence-corrected chi connectivity index (χ0v) is 19.7. The summed E-state index contributed by atoms with van der Waals surface area (Å²) in [6, 6.07) is 0. The first-order valence-electron chi connectivity index (χ1n) is 10.8. The summed E-state index contributed by atoms with van der Waals surface area (Å²) in [5.41, 5.74) is -0.452. The molecule has 2 heterocycles. The van der Waals surface area contributed by atoms with Crippen molar-refractivity contribution in [1.82, 2.24) is 0 Å². The fraction of sp³-hybridized carbons (Fsp3) is 0.818. The van der Waals surface area contributed by atoms with Crippen molar-refractivity contribution in [2.24, 2.45) is 22.7 Å². The van der Waals surface area contributed by atoms with Gasteiger partial charge in [0.2, 0.25) is 0 Å². The van der Waals surface area contributed by atoms with E-state index >= 15 is 0 Å². The number of halogens is 1. The van der Waals surface area contributed by atoms with Crippen LogP contribution in [0.3, 0.4) is 0 Å². The molecule has 7 atom stereocenters. The first-order chi connectivity index (χ1) is 14.2. The molecule has 1 spiro atoms. The summed E-state index contributed by atoms with van der Waals surface area (Å²) in [6.07, 6.45) is 4.62. The Kier molecular flexibility index (Phi) is 6.00. The normalized spacial score (nSPS) is 46.6. The number of allylic oxidation sites excluding steroid dienone is 1. The molecular formula is C22H31IO7. The Labute approximate surface area is 190 Å². The van der Waals surface area contributed by atoms with E-state index in [2.05, 4.69) is 6.92 Å². The van der Waals surface area contributed by atoms with Crippen LogP contribution in [0.1, 0.15) is 46.0 Å². The van der Waals surface area contributed by atoms with Crippen LogP contribution in [-0.2, 0) is 23.8 Å². The van der Waals surface area contributed by atoms with Crippen LogP contribution in [0.4, 0.5) is 0 Å². The van der Waals surface area contributed by atoms with E-state index in [1.165, 1.54) is 0 Å². The summed E-state index contributed by atoms with van der Waals surface area (Å²) < 4.78 is 16.7. The van der Waals surface area contributed by atoms with E-state index in [0.29, 0.717) is 25.0 Å². The van der Waals surface area contributed by atoms with Crippen molar-refractivity contribution in [2.45, 2.75) is 63.8 Å². The Balaban J connectivity index is 1.61. The Morgan fingerprint density at radius 1 is 1.33 bits per heavy atom. The average molecular weight is 534 g/mol. The smallest absolute Gasteiger partial charge is 0.337 e. The lowest BCUT2D eigenvalue weighted by Crippen LogP contribution is -2.60. The SMILES string of the molecule is C[C@]1(CO)[C@H]2CC[C@]3(CO3)[C@@H](C/C=C3/C(=O)OC[C@H]3OC(=O)CI)[C@]2(C)CC[C@H]1O. The van der Waals surface area contributed by atoms with E-state index in [9.17, 15) is 19.8 Å². The van der Waals surface area contributed by atoms with Crippen molar-refractivity contribution in [1.29, 1.82) is 0 Å². The summed E-state index contributed by atoms with van der Waals surface area (Å²) in [6.45, 7) is 4.97. The number of fused-ring (bicyclic) bond motifs is 1. The molecule has 168 valence electrons. The van der Waals surface area contributed by atoms with Crippen molar-refractivity contribution >= 4 is 34.5 Å². The van der Waals surface area contributed by atoms with Gasteiger partial charge in [0.1, 0.15) is 6.61 Å². The van der Waals surface area contributed by atoms with Gasteiger partial charge in [-0.25, -0.2) is 4.79 Å². The zero-order chi connectivity index (χ0) is 21.7. The van der Waals surface area contributed by atoms with E-state index in [0.717, 1.165) is 19.3 Å². The van der Waals surface area contributed by atoms with Gasteiger partial charge in [0.15, 0.2) is 6.10 Å². The number of carbonyl (C=O) groups is 2. The van der Waals surface area contributed by atoms with Gasteiger partial charge in [0.25, 0.3) is 0 Å². The molecule has 0 aromatic carbocycles. The summed E-state index contributed by atoms with van der Waals surface area (Å²) >= 11 is 1.94. The predicted octanol–water partition coefficient (Wildman–Crippen LogP) is 2.16. The largest absolute Gasteiger partial charge is 0.458 e. The lowest BCUT2D eigenvalue weighted by molar-refractivity contribution is -0.175. The Morgan fingerprint density at radius 2 is 2.07 bits per heavy atom. The molecule has 4 fully saturated rings. The summed E-state index contributed by atoms with van der Waals surface area (Å²) in [5, 5.41) is 20.9. The maximum atomic E-state index is 12.3. The number of aliphatic hydroxyl groups excluding tert-OH is 2. The highest BCUT2D eigenvalue weighted by Crippen LogP contribution is 2.66. The second-order valence-electron chi connectivity index (χ2n) is 9.83. The molecular weight excluding hydrogens is 503 g/mol. The van der Waals surface area contributed by atoms with E-state index in [1.807, 2.05) is 35.6 Å². The first-order valence-corrected chi connectivity index (χ1v) is 12.3. The third-order valence-electron chi connectivity index (χ3n) is 8.36. The number of hydrogen-bond acceptors (Lipinski definition) is 7. The molecule has 0 unspecified atom stereocenters. The summed E-state index contributed by atoms with van der Waals surface area (Å²) in [5.74, 6) is -0.468. The molecule has 0 radical (unpaired) electrons. The number of cyclic esters (lactones) is 1. The molecule has 30 heavy (non-hydrogen) atoms. The lowest BCUT2D eigenvalue weighted by Gasteiger charge is -2.60. The van der Waals surface area contributed by atoms with E-state index in [-0.39, 0.29) is 46.5 Å². The number of ether oxygens (including phenoxy) is 3. The quantitative estimate of drug-likeness (QED) is 0.183. The number of epoxide rings is 1. The topological polar surface area (TPSA) is 106 Å². The highest BCUT2D eigenvalue weighted by molar-refractivity contribution is 14.1. The molecule has 8 heteroatoms. The van der Waals surface area contributed by atoms with Gasteiger partial charge in [-0.3, -0.25) is 4.79 Å². The van der Waals surface area contributed by atoms with Crippen LogP contribution in [0.2, 0.25) is 0 Å². The van der Waals surface area contributed by atoms with Crippen LogP contribution in [0.15, 0.2) is 11.6 Å². The predicted molar refractivity (Wildman–Crippen MR) is 116 cm³/mol. The standard InChI is InChI=1S/C22H31IO7/c1-20-7-6-17(25)21(2,11-24)15(20)5-8-22(12-29-22)16(20)4-3-13-14(10-28-19(13)27)30-18(26)9-23/h3,14-17,24-25H,4-12H2,1-2H3/b13-3+/t14-,15+,16+,17-,20-,21+,22+/m1/s1. The van der Waals surface area contributed by atoms with Crippen LogP contribution in [0, 0.1) is 22.7 Å². The fourth-order valence-corrected chi connectivity index (χ4v) is 6.70. The highest BCUT2D eigenvalue weighted by Gasteiger charge is 2.66. The van der Waals surface area contributed by atoms with E-state index in [4.69, 9.17) is 14.2 Å². The van der Waals surface area contributed by atoms with E-state index < -0.39 is 23.6 Å². The minimum atomic E-state index is -0.654. The van der Waals surface area contributed by atoms with Crippen LogP contribution >= 0.6 is 22.6 Å². The monoisotopic (exact) mass is 534 g/mol. The Hall–Kier alpha value is -0.710. The van der Waals surface area contributed by atoms with Crippen LogP contribution < -0.4 is 0 Å². The number of esters is 2. The van der Waals surface area contributed by atoms with E-state index in [1.54, 1.807) is 0 Å². The van der Waals surface area contributed by atoms with Gasteiger partial charge >= 0.3 is 11.9 Å². The third kappa shape index (κ3) is 3.51. The second kappa shape index (κ2) is 8.01. The number of alkyl halides is 1. The van der Waals surface area contributed by atoms with Crippen molar-refractivity contribution in [3.63, 3.8) is 0 Å². The van der Waals surface area contributed by atoms with Crippen molar-refractivity contribution in [3.05, 3.63) is 11.6 Å². The molecule has 0 aromatic rings. The molecule has 2 saturated heterocycles. The van der Waals surface area contributed by atoms with Gasteiger partial charge < -0.3 is 24.4 Å². The molecule has 4 rings (SSSR count). The fourth-order valence-electron chi connectivity index (χ4n) is 6.52. The van der Waals surface area contributed by atoms with Gasteiger partial charge in [-0.05, 0) is 49.4 Å². The van der Waals surface area contributed by atoms with Gasteiger partial charge in [0.05, 0.1) is 34.9 Å². The number of rotatable bonds is 5. The molecule has 4 aliphatic rings. The van der Waals surface area contributed by atoms with Crippen LogP contribution in [-0.4, -0.2) is 64.2 Å². The molecule has 7 nitrogen and oxygen atoms in total. The molecule has 2 saturated carbocycles. The van der Waals surface area contributed by atoms with Crippen molar-refractivity contribution in [3.8, 4) is 0 Å². The van der Waals surface area contributed by atoms with Gasteiger partial charge in [0, 0.05) is 5.41 Å². The number of hydrogen-bond donors (Lipinski definition) is 2.